The molecule has 0 fully saturated rings. The van der Waals surface area contributed by atoms with Crippen molar-refractivity contribution in [1.82, 2.24) is 10.3 Å². The molecule has 1 aromatic heterocycles. The van der Waals surface area contributed by atoms with Crippen molar-refractivity contribution in [2.24, 2.45) is 0 Å². The summed E-state index contributed by atoms with van der Waals surface area (Å²) < 4.78 is 1.25. The summed E-state index contributed by atoms with van der Waals surface area (Å²) in [5, 5.41) is 21.2. The van der Waals surface area contributed by atoms with Gasteiger partial charge < -0.3 is 15.5 Å². The van der Waals surface area contributed by atoms with Gasteiger partial charge in [0.05, 0.1) is 8.07 Å². The second-order valence-electron chi connectivity index (χ2n) is 4.85. The van der Waals surface area contributed by atoms with Crippen molar-refractivity contribution in [2.75, 3.05) is 6.54 Å². The smallest absolute Gasteiger partial charge is 0.404 e. The number of carboxylic acid groups (broad SMARTS) is 1. The molecule has 0 aliphatic carbocycles. The first-order valence-corrected chi connectivity index (χ1v) is 9.73. The lowest BCUT2D eigenvalue weighted by molar-refractivity contribution is 0.162. The van der Waals surface area contributed by atoms with Gasteiger partial charge in [0.15, 0.2) is 0 Å². The number of nitrogens with one attached hydrogen (secondary N) is 1. The van der Waals surface area contributed by atoms with Gasteiger partial charge in [-0.15, -0.1) is 11.3 Å². The van der Waals surface area contributed by atoms with E-state index in [0.717, 1.165) is 0 Å². The van der Waals surface area contributed by atoms with Crippen LogP contribution >= 0.6 is 11.3 Å². The lowest BCUT2D eigenvalue weighted by Gasteiger charge is -2.12. The van der Waals surface area contributed by atoms with Crippen LogP contribution in [0.2, 0.25) is 19.6 Å². The third-order valence-corrected chi connectivity index (χ3v) is 6.90. The average Bonchev–Trinajstić information content (AvgIpc) is 2.64. The molecule has 0 aliphatic rings. The summed E-state index contributed by atoms with van der Waals surface area (Å²) >= 11 is 1.53. The molecule has 1 heterocycles. The van der Waals surface area contributed by atoms with Crippen LogP contribution in [0.15, 0.2) is 6.20 Å². The van der Waals surface area contributed by atoms with E-state index in [1.165, 1.54) is 15.8 Å². The maximum atomic E-state index is 10.3. The zero-order valence-electron chi connectivity index (χ0n) is 10.2. The van der Waals surface area contributed by atoms with Crippen LogP contribution in [-0.4, -0.2) is 35.9 Å². The van der Waals surface area contributed by atoms with E-state index < -0.39 is 20.3 Å². The third kappa shape index (κ3) is 4.45. The van der Waals surface area contributed by atoms with E-state index in [0.29, 0.717) is 11.4 Å². The van der Waals surface area contributed by atoms with Crippen LogP contribution in [0.5, 0.6) is 0 Å². The molecule has 7 heteroatoms. The van der Waals surface area contributed by atoms with Crippen LogP contribution in [0.4, 0.5) is 4.79 Å². The van der Waals surface area contributed by atoms with Gasteiger partial charge in [0.2, 0.25) is 0 Å². The molecule has 96 valence electrons. The van der Waals surface area contributed by atoms with E-state index >= 15 is 0 Å². The predicted molar refractivity (Wildman–Crippen MR) is 70.7 cm³/mol. The van der Waals surface area contributed by atoms with Gasteiger partial charge in [0, 0.05) is 17.2 Å². The van der Waals surface area contributed by atoms with Crippen molar-refractivity contribution in [3.63, 3.8) is 0 Å². The molecule has 0 saturated heterocycles. The van der Waals surface area contributed by atoms with Crippen LogP contribution in [0, 0.1) is 0 Å². The van der Waals surface area contributed by atoms with E-state index in [2.05, 4.69) is 29.9 Å². The summed E-state index contributed by atoms with van der Waals surface area (Å²) in [6.45, 7) is 6.91. The molecule has 1 aromatic rings. The van der Waals surface area contributed by atoms with Crippen LogP contribution in [0.25, 0.3) is 0 Å². The number of amides is 1. The number of hydrogen-bond donors (Lipinski definition) is 3. The molecular weight excluding hydrogens is 256 g/mol. The second kappa shape index (κ2) is 5.61. The normalized spacial score (nSPS) is 13.4. The van der Waals surface area contributed by atoms with Gasteiger partial charge >= 0.3 is 6.09 Å². The molecule has 0 radical (unpaired) electrons. The van der Waals surface area contributed by atoms with E-state index in [9.17, 15) is 9.90 Å². The van der Waals surface area contributed by atoms with E-state index in [4.69, 9.17) is 5.11 Å². The van der Waals surface area contributed by atoms with Crippen LogP contribution < -0.4 is 9.82 Å². The minimum atomic E-state index is -1.37. The summed E-state index contributed by atoms with van der Waals surface area (Å²) in [6.07, 6.45) is 0.432. The first-order valence-electron chi connectivity index (χ1n) is 5.42. The van der Waals surface area contributed by atoms with Gasteiger partial charge in [0.25, 0.3) is 0 Å². The molecule has 3 N–H and O–H groups in total. The highest BCUT2D eigenvalue weighted by Gasteiger charge is 2.21. The fourth-order valence-corrected chi connectivity index (χ4v) is 3.91. The highest BCUT2D eigenvalue weighted by Crippen LogP contribution is 2.19. The quantitative estimate of drug-likeness (QED) is 0.708. The maximum absolute atomic E-state index is 10.3. The van der Waals surface area contributed by atoms with Crippen molar-refractivity contribution in [2.45, 2.75) is 32.2 Å². The minimum absolute atomic E-state index is 0.234. The van der Waals surface area contributed by atoms with E-state index in [1.807, 2.05) is 6.20 Å². The van der Waals surface area contributed by atoms with Gasteiger partial charge in [-0.1, -0.05) is 19.6 Å². The van der Waals surface area contributed by atoms with Crippen molar-refractivity contribution < 1.29 is 15.0 Å². The Balaban J connectivity index is 2.55. The Morgan fingerprint density at radius 1 is 1.59 bits per heavy atom. The lowest BCUT2D eigenvalue weighted by Crippen LogP contribution is -2.34. The number of nitrogens with zero attached hydrogens (tertiary/aromatic N) is 1. The molecular formula is C10H18N2O3SSi. The van der Waals surface area contributed by atoms with Crippen molar-refractivity contribution in [3.05, 3.63) is 11.2 Å². The fraction of sp³-hybridized carbons (Fsp3) is 0.600. The van der Waals surface area contributed by atoms with Gasteiger partial charge in [-0.05, 0) is 6.42 Å². The van der Waals surface area contributed by atoms with Crippen molar-refractivity contribution in [3.8, 4) is 0 Å². The monoisotopic (exact) mass is 274 g/mol. The molecule has 0 unspecified atom stereocenters. The van der Waals surface area contributed by atoms with Crippen molar-refractivity contribution in [1.29, 1.82) is 0 Å². The van der Waals surface area contributed by atoms with Crippen LogP contribution in [0.3, 0.4) is 0 Å². The highest BCUT2D eigenvalue weighted by molar-refractivity contribution is 7.26. The standard InChI is InChI=1S/C10H18N2O3SSi/c1-17(2,3)8-6-12-9(16-8)7(13)4-5-11-10(14)15/h6-7,11,13H,4-5H2,1-3H3,(H,14,15)/t7-/m1/s1. The Kier molecular flexibility index (Phi) is 4.67. The molecule has 0 saturated carbocycles. The summed E-state index contributed by atoms with van der Waals surface area (Å²) in [7, 11) is -1.37. The van der Waals surface area contributed by atoms with E-state index in [-0.39, 0.29) is 6.54 Å². The summed E-state index contributed by atoms with van der Waals surface area (Å²) in [6, 6.07) is 0. The summed E-state index contributed by atoms with van der Waals surface area (Å²) in [5.41, 5.74) is 0. The largest absolute Gasteiger partial charge is 0.465 e. The second-order valence-corrected chi connectivity index (χ2v) is 11.3. The molecule has 1 atom stereocenters. The van der Waals surface area contributed by atoms with Crippen molar-refractivity contribution >= 4 is 30.0 Å². The van der Waals surface area contributed by atoms with E-state index in [1.54, 1.807) is 0 Å². The number of carbonyl (C=O) groups is 1. The molecule has 1 amide bonds. The highest BCUT2D eigenvalue weighted by atomic mass is 32.1. The topological polar surface area (TPSA) is 82.5 Å². The molecule has 5 nitrogen and oxygen atoms in total. The minimum Gasteiger partial charge on any atom is -0.465 e. The summed E-state index contributed by atoms with van der Waals surface area (Å²) in [5.74, 6) is 0. The average molecular weight is 274 g/mol. The summed E-state index contributed by atoms with van der Waals surface area (Å²) in [4.78, 5) is 14.5. The zero-order valence-corrected chi connectivity index (χ0v) is 12.0. The molecule has 0 spiro atoms. The number of aromatic nitrogens is 1. The molecule has 17 heavy (non-hydrogen) atoms. The number of aliphatic hydroxyl groups is 1. The van der Waals surface area contributed by atoms with Crippen LogP contribution in [0.1, 0.15) is 17.5 Å². The zero-order chi connectivity index (χ0) is 13.1. The van der Waals surface area contributed by atoms with Gasteiger partial charge in [-0.25, -0.2) is 9.78 Å². The Bertz CT molecular complexity index is 389. The van der Waals surface area contributed by atoms with Gasteiger partial charge in [-0.3, -0.25) is 0 Å². The lowest BCUT2D eigenvalue weighted by atomic mass is 10.2. The number of thiazole rings is 1. The van der Waals surface area contributed by atoms with Gasteiger partial charge in [-0.2, -0.15) is 0 Å². The number of aliphatic hydroxyl groups excluding tert-OH is 1. The molecule has 0 aromatic carbocycles. The first kappa shape index (κ1) is 14.1. The maximum Gasteiger partial charge on any atom is 0.404 e. The fourth-order valence-electron chi connectivity index (χ4n) is 1.23. The molecule has 1 rings (SSSR count). The Labute approximate surface area is 106 Å². The third-order valence-electron chi connectivity index (χ3n) is 2.24. The predicted octanol–water partition coefficient (Wildman–Crippen LogP) is 1.38. The number of rotatable bonds is 5. The van der Waals surface area contributed by atoms with Crippen LogP contribution in [-0.2, 0) is 0 Å². The molecule has 0 bridgehead atoms. The Morgan fingerprint density at radius 3 is 2.71 bits per heavy atom. The van der Waals surface area contributed by atoms with Gasteiger partial charge in [0.1, 0.15) is 11.1 Å². The molecule has 0 aliphatic heterocycles. The Morgan fingerprint density at radius 2 is 2.24 bits per heavy atom. The number of hydrogen-bond acceptors (Lipinski definition) is 4. The first-order chi connectivity index (χ1) is 7.80. The SMILES string of the molecule is C[Si](C)(C)c1cnc([C@H](O)CCNC(=O)O)s1. The Hall–Kier alpha value is -0.923.